The van der Waals surface area contributed by atoms with Crippen LogP contribution in [0.3, 0.4) is 0 Å². The van der Waals surface area contributed by atoms with Gasteiger partial charge in [-0.05, 0) is 91.5 Å². The van der Waals surface area contributed by atoms with Crippen LogP contribution in [-0.4, -0.2) is 36.4 Å². The number of nitrogens with one attached hydrogen (secondary N) is 1. The number of benzene rings is 1. The molecule has 6 nitrogen and oxygen atoms in total. The van der Waals surface area contributed by atoms with Crippen LogP contribution in [0.15, 0.2) is 24.3 Å². The number of carbonyl (C=O) groups is 4. The molecule has 6 rings (SSSR count). The highest BCUT2D eigenvalue weighted by Crippen LogP contribution is 2.66. The number of piperidine rings is 1. The van der Waals surface area contributed by atoms with E-state index in [2.05, 4.69) is 26.1 Å². The summed E-state index contributed by atoms with van der Waals surface area (Å²) >= 11 is 0. The highest BCUT2D eigenvalue weighted by Gasteiger charge is 2.66. The number of alkyl halides is 3. The maximum Gasteiger partial charge on any atom is 0.416 e. The third-order valence-electron chi connectivity index (χ3n) is 13.2. The Hall–Kier alpha value is -2.55. The summed E-state index contributed by atoms with van der Waals surface area (Å²) < 4.78 is 45.7. The number of carbonyl (C=O) groups excluding carboxylic acids is 4. The second kappa shape index (κ2) is 11.6. The molecule has 8 atom stereocenters. The van der Waals surface area contributed by atoms with Gasteiger partial charge in [0.05, 0.1) is 5.56 Å². The lowest BCUT2D eigenvalue weighted by molar-refractivity contribution is -0.166. The molecule has 9 heteroatoms. The molecule has 0 spiro atoms. The number of rotatable bonds is 6. The molecule has 0 bridgehead atoms. The fourth-order valence-electron chi connectivity index (χ4n) is 10.4. The fraction of sp³-hybridized carbons (Fsp3) is 0.722. The van der Waals surface area contributed by atoms with E-state index in [9.17, 15) is 32.3 Å². The van der Waals surface area contributed by atoms with Crippen LogP contribution in [0, 0.1) is 46.3 Å². The van der Waals surface area contributed by atoms with Crippen LogP contribution >= 0.6 is 0 Å². The first-order valence-electron chi connectivity index (χ1n) is 16.9. The van der Waals surface area contributed by atoms with Crippen LogP contribution in [0.5, 0.6) is 0 Å². The Morgan fingerprint density at radius 2 is 1.67 bits per heavy atom. The van der Waals surface area contributed by atoms with Crippen LogP contribution in [0.25, 0.3) is 0 Å². The Bertz CT molecular complexity index is 1350. The van der Waals surface area contributed by atoms with Crippen molar-refractivity contribution in [3.05, 3.63) is 35.4 Å². The van der Waals surface area contributed by atoms with Gasteiger partial charge < -0.3 is 10.1 Å². The van der Waals surface area contributed by atoms with Gasteiger partial charge in [-0.15, -0.1) is 0 Å². The zero-order chi connectivity index (χ0) is 32.4. The van der Waals surface area contributed by atoms with Gasteiger partial charge in [-0.25, -0.2) is 0 Å². The summed E-state index contributed by atoms with van der Waals surface area (Å²) in [6, 6.07) is 4.93. The molecular weight excluding hydrogens is 583 g/mol. The number of ketones is 3. The van der Waals surface area contributed by atoms with Crippen molar-refractivity contribution in [3.8, 4) is 0 Å². The molecule has 0 aromatic heterocycles. The molecule has 0 radical (unpaired) electrons. The van der Waals surface area contributed by atoms with E-state index in [0.717, 1.165) is 31.4 Å². The van der Waals surface area contributed by atoms with Crippen LogP contribution in [-0.2, 0) is 35.7 Å². The van der Waals surface area contributed by atoms with Gasteiger partial charge in [0, 0.05) is 56.3 Å². The lowest BCUT2D eigenvalue weighted by Crippen LogP contribution is -2.60. The predicted molar refractivity (Wildman–Crippen MR) is 161 cm³/mol. The molecule has 45 heavy (non-hydrogen) atoms. The topological polar surface area (TPSA) is 89.5 Å². The minimum absolute atomic E-state index is 0.00201. The summed E-state index contributed by atoms with van der Waals surface area (Å²) in [6.07, 6.45) is 1.41. The van der Waals surface area contributed by atoms with Crippen LogP contribution < -0.4 is 5.32 Å². The van der Waals surface area contributed by atoms with Crippen molar-refractivity contribution in [2.45, 2.75) is 103 Å². The monoisotopic (exact) mass is 629 g/mol. The zero-order valence-corrected chi connectivity index (χ0v) is 26.6. The van der Waals surface area contributed by atoms with Crippen LogP contribution in [0.1, 0.15) is 103 Å². The van der Waals surface area contributed by atoms with E-state index in [1.54, 1.807) is 0 Å². The normalized spacial score (nSPS) is 36.9. The van der Waals surface area contributed by atoms with Crippen LogP contribution in [0.4, 0.5) is 13.2 Å². The van der Waals surface area contributed by atoms with Gasteiger partial charge >= 0.3 is 12.1 Å². The fourth-order valence-corrected chi connectivity index (χ4v) is 10.4. The molecule has 5 fully saturated rings. The van der Waals surface area contributed by atoms with E-state index in [4.69, 9.17) is 4.74 Å². The van der Waals surface area contributed by atoms with E-state index in [1.807, 2.05) is 0 Å². The average molecular weight is 630 g/mol. The smallest absolute Gasteiger partial charge is 0.416 e. The van der Waals surface area contributed by atoms with Crippen molar-refractivity contribution >= 4 is 23.3 Å². The number of hydrogen-bond donors (Lipinski definition) is 1. The lowest BCUT2D eigenvalue weighted by Gasteiger charge is -2.58. The second-order valence-corrected chi connectivity index (χ2v) is 15.3. The maximum absolute atomic E-state index is 14.1. The minimum atomic E-state index is -4.44. The Morgan fingerprint density at radius 1 is 0.978 bits per heavy atom. The van der Waals surface area contributed by atoms with Gasteiger partial charge in [0.15, 0.2) is 0 Å². The average Bonchev–Trinajstić information content (AvgIpc) is 3.36. The van der Waals surface area contributed by atoms with Gasteiger partial charge in [0.25, 0.3) is 0 Å². The SMILES string of the molecule is C[C@H](CCC(=O)OC1(c2ccc(C(F)(F)F)cc2)CCNCC1)[C@H]1CC[C@H]2[C@@H]3C(=O)C[C@@H]4CC(=O)CC[C@]4(C)[C@H]3CC(=O)[C@]12C. The predicted octanol–water partition coefficient (Wildman–Crippen LogP) is 6.83. The molecule has 1 aromatic carbocycles. The molecule has 1 aromatic rings. The summed E-state index contributed by atoms with van der Waals surface area (Å²) in [5, 5.41) is 3.24. The van der Waals surface area contributed by atoms with Gasteiger partial charge in [-0.3, -0.25) is 19.2 Å². The number of ether oxygens (including phenoxy) is 1. The largest absolute Gasteiger partial charge is 0.454 e. The Morgan fingerprint density at radius 3 is 2.33 bits per heavy atom. The van der Waals surface area contributed by atoms with Gasteiger partial charge in [0.1, 0.15) is 23.0 Å². The number of hydrogen-bond acceptors (Lipinski definition) is 6. The van der Waals surface area contributed by atoms with Crippen molar-refractivity contribution in [2.24, 2.45) is 46.3 Å². The minimum Gasteiger partial charge on any atom is -0.454 e. The van der Waals surface area contributed by atoms with E-state index in [1.165, 1.54) is 12.1 Å². The molecule has 4 aliphatic carbocycles. The molecule has 4 saturated carbocycles. The van der Waals surface area contributed by atoms with Crippen molar-refractivity contribution in [1.82, 2.24) is 5.32 Å². The number of Topliss-reactive ketones (excluding diaryl/α,β-unsaturated/α-hetero) is 3. The van der Waals surface area contributed by atoms with E-state index in [-0.39, 0.29) is 70.7 Å². The first-order chi connectivity index (χ1) is 21.2. The number of fused-ring (bicyclic) bond motifs is 5. The first kappa shape index (κ1) is 32.4. The molecule has 1 aliphatic heterocycles. The maximum atomic E-state index is 14.1. The number of halogens is 3. The summed E-state index contributed by atoms with van der Waals surface area (Å²) in [5.74, 6) is 0.296. The van der Waals surface area contributed by atoms with E-state index < -0.39 is 22.8 Å². The second-order valence-electron chi connectivity index (χ2n) is 15.3. The third kappa shape index (κ3) is 5.48. The van der Waals surface area contributed by atoms with Crippen LogP contribution in [0.2, 0.25) is 0 Å². The molecule has 1 N–H and O–H groups in total. The molecule has 0 unspecified atom stereocenters. The molecular formula is C36H46F3NO5. The first-order valence-corrected chi connectivity index (χ1v) is 16.9. The Kier molecular flexibility index (Phi) is 8.35. The van der Waals surface area contributed by atoms with Gasteiger partial charge in [-0.1, -0.05) is 32.9 Å². The highest BCUT2D eigenvalue weighted by atomic mass is 19.4. The third-order valence-corrected chi connectivity index (χ3v) is 13.2. The van der Waals surface area contributed by atoms with Gasteiger partial charge in [0.2, 0.25) is 0 Å². The van der Waals surface area contributed by atoms with Crippen molar-refractivity contribution in [3.63, 3.8) is 0 Å². The van der Waals surface area contributed by atoms with E-state index >= 15 is 0 Å². The Balaban J connectivity index is 1.14. The Labute approximate surface area is 263 Å². The highest BCUT2D eigenvalue weighted by molar-refractivity contribution is 5.93. The lowest BCUT2D eigenvalue weighted by atomic mass is 9.44. The van der Waals surface area contributed by atoms with E-state index in [0.29, 0.717) is 63.6 Å². The van der Waals surface area contributed by atoms with Crippen molar-refractivity contribution < 1.29 is 37.1 Å². The van der Waals surface area contributed by atoms with Crippen molar-refractivity contribution in [2.75, 3.05) is 13.1 Å². The summed E-state index contributed by atoms with van der Waals surface area (Å²) in [5.41, 5.74) is -1.92. The van der Waals surface area contributed by atoms with Crippen molar-refractivity contribution in [1.29, 1.82) is 0 Å². The summed E-state index contributed by atoms with van der Waals surface area (Å²) in [4.78, 5) is 53.3. The standard InChI is InChI=1S/C36H46F3NO5/c1-21(4-11-31(44)45-35(14-16-40-17-15-35)22-5-7-23(8-6-22)36(37,38)39)26-9-10-27-32-28(20-30(43)34(26,27)3)33(2)13-12-25(41)18-24(33)19-29(32)42/h5-8,21,24,26-28,32,40H,4,9-20H2,1-3H3/t21-,24+,26-,27+,28+,32+,33+,34-/m1/s1. The number of esters is 1. The molecule has 246 valence electrons. The van der Waals surface area contributed by atoms with Gasteiger partial charge in [-0.2, -0.15) is 13.2 Å². The molecule has 5 aliphatic rings. The molecule has 0 amide bonds. The summed E-state index contributed by atoms with van der Waals surface area (Å²) in [7, 11) is 0. The zero-order valence-electron chi connectivity index (χ0n) is 26.6. The quantitative estimate of drug-likeness (QED) is 0.347. The molecule has 1 heterocycles. The summed E-state index contributed by atoms with van der Waals surface area (Å²) in [6.45, 7) is 7.54. The molecule has 1 saturated heterocycles.